The second kappa shape index (κ2) is 6.56. The second-order valence-electron chi connectivity index (χ2n) is 5.06. The molecule has 0 N–H and O–H groups in total. The molecule has 0 spiro atoms. The molecule has 0 radical (unpaired) electrons. The number of amides is 1. The van der Waals surface area contributed by atoms with Crippen LogP contribution in [0.1, 0.15) is 15.9 Å². The van der Waals surface area contributed by atoms with Crippen LogP contribution in [0.4, 0.5) is 0 Å². The average Bonchev–Trinajstić information content (AvgIpc) is 3.01. The van der Waals surface area contributed by atoms with E-state index in [-0.39, 0.29) is 5.91 Å². The molecule has 0 bridgehead atoms. The lowest BCUT2D eigenvalue weighted by molar-refractivity contribution is 0.0628. The molecule has 1 amide bonds. The van der Waals surface area contributed by atoms with Gasteiger partial charge < -0.3 is 4.90 Å². The Labute approximate surface area is 133 Å². The molecule has 3 heterocycles. The van der Waals surface area contributed by atoms with Crippen molar-refractivity contribution in [1.82, 2.24) is 14.8 Å². The highest BCUT2D eigenvalue weighted by Gasteiger charge is 2.23. The Kier molecular flexibility index (Phi) is 4.53. The van der Waals surface area contributed by atoms with Crippen molar-refractivity contribution in [3.63, 3.8) is 0 Å². The summed E-state index contributed by atoms with van der Waals surface area (Å²) in [5, 5.41) is 4.74. The van der Waals surface area contributed by atoms with Gasteiger partial charge in [0.1, 0.15) is 0 Å². The summed E-state index contributed by atoms with van der Waals surface area (Å²) < 4.78 is 0. The number of nitrogens with zero attached hydrogens (tertiary/aromatic N) is 3. The van der Waals surface area contributed by atoms with E-state index in [9.17, 15) is 4.79 Å². The summed E-state index contributed by atoms with van der Waals surface area (Å²) in [4.78, 5) is 20.6. The normalized spacial score (nSPS) is 16.1. The van der Waals surface area contributed by atoms with Gasteiger partial charge in [0.05, 0.1) is 10.6 Å². The lowest BCUT2D eigenvalue weighted by Crippen LogP contribution is -2.48. The first-order chi connectivity index (χ1) is 10.2. The molecule has 0 aliphatic carbocycles. The molecule has 4 nitrogen and oxygen atoms in total. The number of carbonyl (C=O) groups excluding carboxylic acids is 1. The summed E-state index contributed by atoms with van der Waals surface area (Å²) in [6.07, 6.45) is 3.14. The monoisotopic (exact) mass is 321 g/mol. The molecule has 1 fully saturated rings. The van der Waals surface area contributed by atoms with Gasteiger partial charge in [0.15, 0.2) is 0 Å². The fourth-order valence-electron chi connectivity index (χ4n) is 2.46. The van der Waals surface area contributed by atoms with E-state index in [1.807, 2.05) is 4.90 Å². The van der Waals surface area contributed by atoms with E-state index in [1.54, 1.807) is 29.8 Å². The molecule has 0 unspecified atom stereocenters. The number of piperazine rings is 1. The predicted molar refractivity (Wildman–Crippen MR) is 84.7 cm³/mol. The number of hydrogen-bond donors (Lipinski definition) is 0. The Morgan fingerprint density at radius 3 is 2.76 bits per heavy atom. The van der Waals surface area contributed by atoms with E-state index in [0.29, 0.717) is 10.6 Å². The van der Waals surface area contributed by atoms with E-state index >= 15 is 0 Å². The molecule has 2 aromatic heterocycles. The predicted octanol–water partition coefficient (Wildman–Crippen LogP) is 2.75. The quantitative estimate of drug-likeness (QED) is 0.872. The Morgan fingerprint density at radius 1 is 1.29 bits per heavy atom. The molecule has 2 aromatic rings. The molecule has 21 heavy (non-hydrogen) atoms. The van der Waals surface area contributed by atoms with Crippen LogP contribution in [-0.2, 0) is 6.54 Å². The highest BCUT2D eigenvalue weighted by molar-refractivity contribution is 7.07. The van der Waals surface area contributed by atoms with Crippen molar-refractivity contribution in [2.75, 3.05) is 26.2 Å². The molecule has 1 saturated heterocycles. The van der Waals surface area contributed by atoms with Gasteiger partial charge in [-0.25, -0.2) is 0 Å². The first-order valence-electron chi connectivity index (χ1n) is 6.86. The molecule has 1 aliphatic rings. The van der Waals surface area contributed by atoms with Crippen molar-refractivity contribution in [2.24, 2.45) is 0 Å². The molecule has 110 valence electrons. The molecular formula is C15H16ClN3OS. The number of rotatable bonds is 3. The Morgan fingerprint density at radius 2 is 2.10 bits per heavy atom. The Bertz CT molecular complexity index is 609. The van der Waals surface area contributed by atoms with Crippen LogP contribution in [0, 0.1) is 0 Å². The van der Waals surface area contributed by atoms with Crippen molar-refractivity contribution in [1.29, 1.82) is 0 Å². The van der Waals surface area contributed by atoms with Crippen molar-refractivity contribution in [3.05, 3.63) is 51.4 Å². The second-order valence-corrected chi connectivity index (χ2v) is 6.24. The first kappa shape index (κ1) is 14.5. The number of carbonyl (C=O) groups is 1. The van der Waals surface area contributed by atoms with E-state index in [1.165, 1.54) is 5.56 Å². The summed E-state index contributed by atoms with van der Waals surface area (Å²) >= 11 is 7.78. The van der Waals surface area contributed by atoms with Gasteiger partial charge >= 0.3 is 0 Å². The summed E-state index contributed by atoms with van der Waals surface area (Å²) in [7, 11) is 0. The molecule has 1 aliphatic heterocycles. The number of aromatic nitrogens is 1. The van der Waals surface area contributed by atoms with E-state index < -0.39 is 0 Å². The van der Waals surface area contributed by atoms with Crippen LogP contribution in [0.25, 0.3) is 0 Å². The van der Waals surface area contributed by atoms with Crippen LogP contribution in [0.5, 0.6) is 0 Å². The fourth-order valence-corrected chi connectivity index (χ4v) is 3.30. The third kappa shape index (κ3) is 3.43. The maximum absolute atomic E-state index is 12.4. The third-order valence-electron chi connectivity index (χ3n) is 3.64. The van der Waals surface area contributed by atoms with Crippen molar-refractivity contribution in [2.45, 2.75) is 6.54 Å². The summed E-state index contributed by atoms with van der Waals surface area (Å²) in [5.74, 6) is -0.0247. The van der Waals surface area contributed by atoms with E-state index in [2.05, 4.69) is 26.7 Å². The highest BCUT2D eigenvalue weighted by atomic mass is 35.5. The zero-order chi connectivity index (χ0) is 14.7. The number of hydrogen-bond acceptors (Lipinski definition) is 4. The molecule has 0 saturated carbocycles. The zero-order valence-corrected chi connectivity index (χ0v) is 13.1. The Balaban J connectivity index is 1.58. The first-order valence-corrected chi connectivity index (χ1v) is 8.18. The van der Waals surface area contributed by atoms with Crippen LogP contribution in [0.2, 0.25) is 5.02 Å². The van der Waals surface area contributed by atoms with Gasteiger partial charge in [-0.2, -0.15) is 11.3 Å². The highest BCUT2D eigenvalue weighted by Crippen LogP contribution is 2.18. The van der Waals surface area contributed by atoms with Crippen LogP contribution in [0.3, 0.4) is 0 Å². The van der Waals surface area contributed by atoms with E-state index in [4.69, 9.17) is 11.6 Å². The maximum Gasteiger partial charge on any atom is 0.257 e. The average molecular weight is 322 g/mol. The van der Waals surface area contributed by atoms with Gasteiger partial charge in [-0.05, 0) is 28.5 Å². The van der Waals surface area contributed by atoms with Gasteiger partial charge in [-0.15, -0.1) is 0 Å². The van der Waals surface area contributed by atoms with Gasteiger partial charge in [-0.3, -0.25) is 14.7 Å². The number of thiophene rings is 1. The zero-order valence-electron chi connectivity index (χ0n) is 11.5. The third-order valence-corrected chi connectivity index (χ3v) is 4.71. The molecule has 0 aromatic carbocycles. The van der Waals surface area contributed by atoms with Crippen LogP contribution < -0.4 is 0 Å². The Hall–Kier alpha value is -1.43. The molecule has 0 atom stereocenters. The SMILES string of the molecule is O=C(c1cnccc1Cl)N1CCN(Cc2ccsc2)CC1. The number of pyridine rings is 1. The van der Waals surface area contributed by atoms with Crippen molar-refractivity contribution >= 4 is 28.8 Å². The standard InChI is InChI=1S/C15H16ClN3OS/c16-14-1-3-17-9-13(14)15(20)19-6-4-18(5-7-19)10-12-2-8-21-11-12/h1-3,8-9,11H,4-7,10H2. The van der Waals surface area contributed by atoms with Crippen molar-refractivity contribution < 1.29 is 4.79 Å². The van der Waals surface area contributed by atoms with Crippen LogP contribution in [0.15, 0.2) is 35.3 Å². The minimum atomic E-state index is -0.0247. The summed E-state index contributed by atoms with van der Waals surface area (Å²) in [5.41, 5.74) is 1.83. The van der Waals surface area contributed by atoms with Gasteiger partial charge in [-0.1, -0.05) is 11.6 Å². The van der Waals surface area contributed by atoms with Crippen molar-refractivity contribution in [3.8, 4) is 0 Å². The lowest BCUT2D eigenvalue weighted by atomic mass is 10.2. The molecule has 3 rings (SSSR count). The van der Waals surface area contributed by atoms with Gasteiger partial charge in [0.2, 0.25) is 0 Å². The number of halogens is 1. The van der Waals surface area contributed by atoms with Crippen LogP contribution >= 0.6 is 22.9 Å². The fraction of sp³-hybridized carbons (Fsp3) is 0.333. The van der Waals surface area contributed by atoms with Gasteiger partial charge in [0, 0.05) is 45.1 Å². The minimum Gasteiger partial charge on any atom is -0.336 e. The van der Waals surface area contributed by atoms with E-state index in [0.717, 1.165) is 32.7 Å². The molecule has 6 heteroatoms. The van der Waals surface area contributed by atoms with Gasteiger partial charge in [0.25, 0.3) is 5.91 Å². The minimum absolute atomic E-state index is 0.0247. The summed E-state index contributed by atoms with van der Waals surface area (Å²) in [6, 6.07) is 3.80. The maximum atomic E-state index is 12.4. The molecular weight excluding hydrogens is 306 g/mol. The summed E-state index contributed by atoms with van der Waals surface area (Å²) in [6.45, 7) is 4.19. The lowest BCUT2D eigenvalue weighted by Gasteiger charge is -2.34. The van der Waals surface area contributed by atoms with Crippen LogP contribution in [-0.4, -0.2) is 46.9 Å². The smallest absolute Gasteiger partial charge is 0.257 e. The largest absolute Gasteiger partial charge is 0.336 e. The topological polar surface area (TPSA) is 36.4 Å².